The van der Waals surface area contributed by atoms with Crippen LogP contribution in [0.5, 0.6) is 0 Å². The zero-order chi connectivity index (χ0) is 16.4. The highest BCUT2D eigenvalue weighted by Gasteiger charge is 2.13. The van der Waals surface area contributed by atoms with E-state index in [1.54, 1.807) is 13.0 Å². The molecule has 1 heterocycles. The molecule has 118 valence electrons. The predicted molar refractivity (Wildman–Crippen MR) is 89.1 cm³/mol. The van der Waals surface area contributed by atoms with Crippen LogP contribution in [0.25, 0.3) is 21.2 Å². The number of aliphatic hydroxyl groups is 1. The molecule has 0 spiro atoms. The number of halogens is 1. The highest BCUT2D eigenvalue weighted by Crippen LogP contribution is 2.35. The molecule has 3 nitrogen and oxygen atoms in total. The molecule has 0 fully saturated rings. The van der Waals surface area contributed by atoms with Crippen molar-refractivity contribution in [1.82, 2.24) is 0 Å². The maximum Gasteiger partial charge on any atom is 0.338 e. The fraction of sp³-hybridized carbons (Fsp3) is 0.167. The van der Waals surface area contributed by atoms with Gasteiger partial charge >= 0.3 is 5.97 Å². The van der Waals surface area contributed by atoms with E-state index < -0.39 is 11.8 Å². The van der Waals surface area contributed by atoms with Crippen LogP contribution in [0.2, 0.25) is 0 Å². The van der Waals surface area contributed by atoms with Gasteiger partial charge in [-0.15, -0.1) is 11.3 Å². The number of hydrogen-bond donors (Lipinski definition) is 1. The number of carbonyl (C=O) groups is 1. The minimum Gasteiger partial charge on any atom is -0.462 e. The van der Waals surface area contributed by atoms with Crippen LogP contribution >= 0.6 is 11.3 Å². The number of rotatable bonds is 4. The number of esters is 1. The Morgan fingerprint density at radius 2 is 2.09 bits per heavy atom. The summed E-state index contributed by atoms with van der Waals surface area (Å²) in [7, 11) is 0. The Hall–Kier alpha value is -2.24. The highest BCUT2D eigenvalue weighted by molar-refractivity contribution is 7.19. The monoisotopic (exact) mass is 330 g/mol. The molecule has 0 aliphatic carbocycles. The summed E-state index contributed by atoms with van der Waals surface area (Å²) in [6.45, 7) is 1.92. The summed E-state index contributed by atoms with van der Waals surface area (Å²) in [4.78, 5) is 12.7. The van der Waals surface area contributed by atoms with Gasteiger partial charge in [0.25, 0.3) is 0 Å². The maximum absolute atomic E-state index is 13.9. The van der Waals surface area contributed by atoms with Crippen LogP contribution in [0, 0.1) is 5.82 Å². The Morgan fingerprint density at radius 3 is 2.83 bits per heavy atom. The second-order valence-corrected chi connectivity index (χ2v) is 6.18. The van der Waals surface area contributed by atoms with Gasteiger partial charge in [-0.25, -0.2) is 9.18 Å². The fourth-order valence-corrected chi connectivity index (χ4v) is 3.55. The number of carbonyl (C=O) groups excluding carboxylic acids is 1. The zero-order valence-corrected chi connectivity index (χ0v) is 13.3. The Kier molecular flexibility index (Phi) is 4.41. The summed E-state index contributed by atoms with van der Waals surface area (Å²) >= 11 is 1.46. The van der Waals surface area contributed by atoms with Gasteiger partial charge in [-0.05, 0) is 47.7 Å². The van der Waals surface area contributed by atoms with Crippen molar-refractivity contribution >= 4 is 27.4 Å². The van der Waals surface area contributed by atoms with E-state index in [4.69, 9.17) is 4.74 Å². The van der Waals surface area contributed by atoms with Gasteiger partial charge in [0.1, 0.15) is 5.82 Å². The zero-order valence-electron chi connectivity index (χ0n) is 12.5. The fourth-order valence-electron chi connectivity index (χ4n) is 2.50. The van der Waals surface area contributed by atoms with Crippen molar-refractivity contribution in [3.63, 3.8) is 0 Å². The first kappa shape index (κ1) is 15.6. The van der Waals surface area contributed by atoms with Crippen LogP contribution < -0.4 is 0 Å². The van der Waals surface area contributed by atoms with Gasteiger partial charge in [-0.2, -0.15) is 0 Å². The van der Waals surface area contributed by atoms with Crippen molar-refractivity contribution in [2.24, 2.45) is 0 Å². The Labute approximate surface area is 137 Å². The van der Waals surface area contributed by atoms with Gasteiger partial charge in [0.05, 0.1) is 18.8 Å². The van der Waals surface area contributed by atoms with Crippen LogP contribution in [-0.4, -0.2) is 17.7 Å². The minimum absolute atomic E-state index is 0.0317. The smallest absolute Gasteiger partial charge is 0.338 e. The first-order chi connectivity index (χ1) is 11.1. The second-order valence-electron chi connectivity index (χ2n) is 5.04. The molecule has 0 saturated carbocycles. The molecule has 3 rings (SSSR count). The van der Waals surface area contributed by atoms with Gasteiger partial charge < -0.3 is 9.84 Å². The maximum atomic E-state index is 13.9. The van der Waals surface area contributed by atoms with Crippen LogP contribution in [-0.2, 0) is 11.3 Å². The summed E-state index contributed by atoms with van der Waals surface area (Å²) in [6, 6.07) is 11.8. The Bertz CT molecular complexity index is 870. The van der Waals surface area contributed by atoms with E-state index in [0.29, 0.717) is 5.56 Å². The third-order valence-corrected chi connectivity index (χ3v) is 4.64. The van der Waals surface area contributed by atoms with Crippen LogP contribution in [0.15, 0.2) is 42.5 Å². The lowest BCUT2D eigenvalue weighted by Crippen LogP contribution is -2.05. The molecule has 23 heavy (non-hydrogen) atoms. The number of ether oxygens (including phenoxy) is 1. The summed E-state index contributed by atoms with van der Waals surface area (Å²) < 4.78 is 19.8. The summed E-state index contributed by atoms with van der Waals surface area (Å²) in [5.41, 5.74) is 1.64. The van der Waals surface area contributed by atoms with E-state index in [-0.39, 0.29) is 18.8 Å². The largest absolute Gasteiger partial charge is 0.462 e. The van der Waals surface area contributed by atoms with Crippen LogP contribution in [0.4, 0.5) is 4.39 Å². The molecule has 0 aliphatic heterocycles. The third-order valence-electron chi connectivity index (χ3n) is 3.47. The molecule has 5 heteroatoms. The first-order valence-electron chi connectivity index (χ1n) is 7.22. The first-order valence-corrected chi connectivity index (χ1v) is 8.04. The summed E-state index contributed by atoms with van der Waals surface area (Å²) in [6.07, 6.45) is 0. The van der Waals surface area contributed by atoms with E-state index in [9.17, 15) is 14.3 Å². The molecule has 0 amide bonds. The number of thiophene rings is 1. The molecule has 0 bridgehead atoms. The lowest BCUT2D eigenvalue weighted by Gasteiger charge is -2.07. The lowest BCUT2D eigenvalue weighted by molar-refractivity contribution is 0.0526. The quantitative estimate of drug-likeness (QED) is 0.722. The van der Waals surface area contributed by atoms with E-state index in [0.717, 1.165) is 20.5 Å². The SMILES string of the molecule is CCOC(=O)c1cc(F)cc(-c2cccc3cc(CO)sc23)c1. The van der Waals surface area contributed by atoms with Crippen molar-refractivity contribution in [2.75, 3.05) is 6.61 Å². The standard InChI is InChI=1S/C18H15FO3S/c1-2-22-18(21)13-6-12(7-14(19)8-13)16-5-3-4-11-9-15(10-20)23-17(11)16/h3-9,20H,2,10H2,1H3. The molecule has 1 aromatic heterocycles. The number of hydrogen-bond acceptors (Lipinski definition) is 4. The van der Waals surface area contributed by atoms with Crippen LogP contribution in [0.1, 0.15) is 22.2 Å². The van der Waals surface area contributed by atoms with Crippen LogP contribution in [0.3, 0.4) is 0 Å². The van der Waals surface area contributed by atoms with E-state index in [2.05, 4.69) is 0 Å². The van der Waals surface area contributed by atoms with Crippen molar-refractivity contribution in [3.8, 4) is 11.1 Å². The van der Waals surface area contributed by atoms with E-state index in [1.165, 1.54) is 23.5 Å². The highest BCUT2D eigenvalue weighted by atomic mass is 32.1. The Balaban J connectivity index is 2.15. The number of fused-ring (bicyclic) bond motifs is 1. The Morgan fingerprint density at radius 1 is 1.26 bits per heavy atom. The summed E-state index contributed by atoms with van der Waals surface area (Å²) in [5, 5.41) is 10.3. The molecule has 0 radical (unpaired) electrons. The topological polar surface area (TPSA) is 46.5 Å². The van der Waals surface area contributed by atoms with Crippen molar-refractivity contribution in [2.45, 2.75) is 13.5 Å². The molecule has 0 aliphatic rings. The third kappa shape index (κ3) is 3.11. The van der Waals surface area contributed by atoms with Crippen molar-refractivity contribution in [3.05, 3.63) is 58.7 Å². The van der Waals surface area contributed by atoms with Crippen molar-refractivity contribution in [1.29, 1.82) is 0 Å². The average Bonchev–Trinajstić information content (AvgIpc) is 2.97. The van der Waals surface area contributed by atoms with Gasteiger partial charge in [0.15, 0.2) is 0 Å². The van der Waals surface area contributed by atoms with E-state index >= 15 is 0 Å². The second kappa shape index (κ2) is 6.48. The molecular weight excluding hydrogens is 315 g/mol. The molecule has 1 N–H and O–H groups in total. The van der Waals surface area contributed by atoms with Gasteiger partial charge in [0, 0.05) is 9.58 Å². The normalized spacial score (nSPS) is 10.9. The van der Waals surface area contributed by atoms with E-state index in [1.807, 2.05) is 24.3 Å². The predicted octanol–water partition coefficient (Wildman–Crippen LogP) is 4.38. The minimum atomic E-state index is -0.539. The van der Waals surface area contributed by atoms with Gasteiger partial charge in [-0.3, -0.25) is 0 Å². The van der Waals surface area contributed by atoms with Crippen molar-refractivity contribution < 1.29 is 19.0 Å². The molecular formula is C18H15FO3S. The molecule has 0 atom stereocenters. The number of aliphatic hydroxyl groups excluding tert-OH is 1. The lowest BCUT2D eigenvalue weighted by atomic mass is 10.0. The number of benzene rings is 2. The summed E-state index contributed by atoms with van der Waals surface area (Å²) in [5.74, 6) is -1.02. The molecule has 0 saturated heterocycles. The molecule has 3 aromatic rings. The molecule has 2 aromatic carbocycles. The molecule has 0 unspecified atom stereocenters. The van der Waals surface area contributed by atoms with Gasteiger partial charge in [-0.1, -0.05) is 18.2 Å². The van der Waals surface area contributed by atoms with Gasteiger partial charge in [0.2, 0.25) is 0 Å². The average molecular weight is 330 g/mol.